The molecule has 1 saturated heterocycles. The Labute approximate surface area is 187 Å². The van der Waals surface area contributed by atoms with Gasteiger partial charge in [-0.2, -0.15) is 11.8 Å². The second-order valence-corrected chi connectivity index (χ2v) is 8.92. The molecule has 1 fully saturated rings. The number of ether oxygens (including phenoxy) is 1. The van der Waals surface area contributed by atoms with E-state index in [1.807, 2.05) is 0 Å². The molecule has 170 valence electrons. The van der Waals surface area contributed by atoms with E-state index in [2.05, 4.69) is 20.3 Å². The molecule has 6 nitrogen and oxygen atoms in total. The molecule has 0 amide bonds. The lowest BCUT2D eigenvalue weighted by molar-refractivity contribution is 0.0234. The van der Waals surface area contributed by atoms with Crippen LogP contribution in [-0.4, -0.2) is 38.7 Å². The summed E-state index contributed by atoms with van der Waals surface area (Å²) in [5.41, 5.74) is -0.758. The van der Waals surface area contributed by atoms with Gasteiger partial charge >= 0.3 is 0 Å². The average Bonchev–Trinajstić information content (AvgIpc) is 2.79. The van der Waals surface area contributed by atoms with Crippen molar-refractivity contribution in [3.8, 4) is 5.88 Å². The summed E-state index contributed by atoms with van der Waals surface area (Å²) in [6.07, 6.45) is -0.483. The van der Waals surface area contributed by atoms with Crippen LogP contribution in [0.1, 0.15) is 49.1 Å². The third-order valence-electron chi connectivity index (χ3n) is 5.69. The first-order valence-corrected chi connectivity index (χ1v) is 11.3. The molecule has 32 heavy (non-hydrogen) atoms. The Hall–Kier alpha value is -2.59. The normalized spacial score (nSPS) is 16.8. The molecule has 1 aliphatic heterocycles. The van der Waals surface area contributed by atoms with Gasteiger partial charge in [0.2, 0.25) is 5.88 Å². The van der Waals surface area contributed by atoms with E-state index in [9.17, 15) is 18.3 Å². The van der Waals surface area contributed by atoms with Crippen LogP contribution in [0.5, 0.6) is 5.88 Å². The number of rotatable bonds is 6. The SMILES string of the molecule is COc1nc(C2(O)CCSCC2)cc2c(NC(C)c3cccc(C(F)F)c3F)ncnc12. The fourth-order valence-electron chi connectivity index (χ4n) is 3.85. The molecule has 0 radical (unpaired) electrons. The highest BCUT2D eigenvalue weighted by Crippen LogP contribution is 2.39. The van der Waals surface area contributed by atoms with Gasteiger partial charge in [-0.3, -0.25) is 0 Å². The predicted molar refractivity (Wildman–Crippen MR) is 118 cm³/mol. The van der Waals surface area contributed by atoms with Gasteiger partial charge in [-0.25, -0.2) is 28.1 Å². The summed E-state index contributed by atoms with van der Waals surface area (Å²) in [5.74, 6) is 1.28. The van der Waals surface area contributed by atoms with Crippen molar-refractivity contribution >= 4 is 28.5 Å². The molecular formula is C22H23F3N4O2S. The van der Waals surface area contributed by atoms with Crippen molar-refractivity contribution < 1.29 is 23.0 Å². The molecule has 2 aromatic heterocycles. The van der Waals surface area contributed by atoms with E-state index in [1.165, 1.54) is 25.6 Å². The Balaban J connectivity index is 1.76. The average molecular weight is 465 g/mol. The molecular weight excluding hydrogens is 441 g/mol. The minimum atomic E-state index is -2.91. The molecule has 3 aromatic rings. The highest BCUT2D eigenvalue weighted by Gasteiger charge is 2.34. The van der Waals surface area contributed by atoms with Gasteiger partial charge in [0.25, 0.3) is 6.43 Å². The van der Waals surface area contributed by atoms with Crippen molar-refractivity contribution in [1.82, 2.24) is 15.0 Å². The number of thioether (sulfide) groups is 1. The quantitative estimate of drug-likeness (QED) is 0.532. The molecule has 1 atom stereocenters. The molecule has 1 aliphatic rings. The molecule has 2 N–H and O–H groups in total. The van der Waals surface area contributed by atoms with Crippen molar-refractivity contribution in [2.75, 3.05) is 23.9 Å². The number of fused-ring (bicyclic) bond motifs is 1. The van der Waals surface area contributed by atoms with Crippen LogP contribution in [0, 0.1) is 5.82 Å². The maximum Gasteiger partial charge on any atom is 0.266 e. The van der Waals surface area contributed by atoms with Crippen LogP contribution in [0.2, 0.25) is 0 Å². The first-order chi connectivity index (χ1) is 15.3. The van der Waals surface area contributed by atoms with Crippen LogP contribution in [-0.2, 0) is 5.60 Å². The van der Waals surface area contributed by atoms with E-state index in [0.29, 0.717) is 35.3 Å². The number of anilines is 1. The van der Waals surface area contributed by atoms with Gasteiger partial charge in [0, 0.05) is 5.56 Å². The third kappa shape index (κ3) is 4.21. The van der Waals surface area contributed by atoms with Crippen LogP contribution in [0.3, 0.4) is 0 Å². The largest absolute Gasteiger partial charge is 0.479 e. The monoisotopic (exact) mass is 464 g/mol. The van der Waals surface area contributed by atoms with Gasteiger partial charge in [-0.15, -0.1) is 0 Å². The lowest BCUT2D eigenvalue weighted by Gasteiger charge is -2.31. The van der Waals surface area contributed by atoms with E-state index < -0.39 is 29.4 Å². The zero-order valence-electron chi connectivity index (χ0n) is 17.6. The van der Waals surface area contributed by atoms with Crippen molar-refractivity contribution in [1.29, 1.82) is 0 Å². The number of pyridine rings is 1. The van der Waals surface area contributed by atoms with Gasteiger partial charge in [-0.1, -0.05) is 18.2 Å². The highest BCUT2D eigenvalue weighted by molar-refractivity contribution is 7.99. The molecule has 10 heteroatoms. The van der Waals surface area contributed by atoms with Crippen LogP contribution >= 0.6 is 11.8 Å². The van der Waals surface area contributed by atoms with Crippen molar-refractivity contribution in [2.45, 2.75) is 37.8 Å². The number of nitrogens with zero attached hydrogens (tertiary/aromatic N) is 3. The molecule has 1 unspecified atom stereocenters. The second-order valence-electron chi connectivity index (χ2n) is 7.70. The van der Waals surface area contributed by atoms with E-state index in [4.69, 9.17) is 4.74 Å². The summed E-state index contributed by atoms with van der Waals surface area (Å²) in [5, 5.41) is 14.8. The summed E-state index contributed by atoms with van der Waals surface area (Å²) in [7, 11) is 1.47. The number of halogens is 3. The second kappa shape index (κ2) is 9.11. The first-order valence-electron chi connectivity index (χ1n) is 10.2. The fraction of sp³-hybridized carbons (Fsp3) is 0.409. The Morgan fingerprint density at radius 3 is 2.59 bits per heavy atom. The van der Waals surface area contributed by atoms with Crippen molar-refractivity contribution in [3.63, 3.8) is 0 Å². The minimum Gasteiger partial charge on any atom is -0.479 e. The lowest BCUT2D eigenvalue weighted by Crippen LogP contribution is -2.31. The zero-order valence-corrected chi connectivity index (χ0v) is 18.4. The Bertz CT molecular complexity index is 1130. The molecule has 0 saturated carbocycles. The maximum atomic E-state index is 14.6. The molecule has 3 heterocycles. The topological polar surface area (TPSA) is 80.2 Å². The standard InChI is InChI=1S/C22H23F3N4O2S/c1-12(13-4-3-5-14(17(13)23)19(24)25)28-20-15-10-16(22(30)6-8-32-9-7-22)29-21(31-2)18(15)26-11-27-20/h3-5,10-12,19,30H,6-9H2,1-2H3,(H,26,27,28). The van der Waals surface area contributed by atoms with Crippen LogP contribution in [0.4, 0.5) is 19.0 Å². The summed E-state index contributed by atoms with van der Waals surface area (Å²) >= 11 is 1.77. The van der Waals surface area contributed by atoms with E-state index in [-0.39, 0.29) is 11.4 Å². The van der Waals surface area contributed by atoms with E-state index in [1.54, 1.807) is 24.8 Å². The van der Waals surface area contributed by atoms with Crippen molar-refractivity contribution in [2.24, 2.45) is 0 Å². The zero-order chi connectivity index (χ0) is 22.9. The fourth-order valence-corrected chi connectivity index (χ4v) is 5.02. The number of hydrogen-bond acceptors (Lipinski definition) is 7. The van der Waals surface area contributed by atoms with Crippen molar-refractivity contribution in [3.05, 3.63) is 53.2 Å². The van der Waals surface area contributed by atoms with E-state index in [0.717, 1.165) is 17.6 Å². The van der Waals surface area contributed by atoms with Gasteiger partial charge in [0.15, 0.2) is 0 Å². The predicted octanol–water partition coefficient (Wildman–Crippen LogP) is 5.00. The number of methoxy groups -OCH3 is 1. The summed E-state index contributed by atoms with van der Waals surface area (Å²) < 4.78 is 46.3. The molecule has 4 rings (SSSR count). The van der Waals surface area contributed by atoms with Crippen LogP contribution < -0.4 is 10.1 Å². The van der Waals surface area contributed by atoms with Gasteiger partial charge in [0.1, 0.15) is 29.1 Å². The van der Waals surface area contributed by atoms with Crippen LogP contribution in [0.15, 0.2) is 30.6 Å². The summed E-state index contributed by atoms with van der Waals surface area (Å²) in [4.78, 5) is 13.0. The Morgan fingerprint density at radius 2 is 1.91 bits per heavy atom. The molecule has 0 spiro atoms. The molecule has 0 bridgehead atoms. The Morgan fingerprint density at radius 1 is 1.19 bits per heavy atom. The number of nitrogens with one attached hydrogen (secondary N) is 1. The minimum absolute atomic E-state index is 0.0961. The number of alkyl halides is 2. The molecule has 0 aliphatic carbocycles. The Kier molecular flexibility index (Phi) is 6.43. The van der Waals surface area contributed by atoms with Gasteiger partial charge in [-0.05, 0) is 37.3 Å². The van der Waals surface area contributed by atoms with Gasteiger partial charge in [0.05, 0.1) is 29.8 Å². The summed E-state index contributed by atoms with van der Waals surface area (Å²) in [6.45, 7) is 1.66. The first kappa shape index (κ1) is 22.6. The third-order valence-corrected chi connectivity index (χ3v) is 6.68. The van der Waals surface area contributed by atoms with Gasteiger partial charge < -0.3 is 15.2 Å². The van der Waals surface area contributed by atoms with E-state index >= 15 is 0 Å². The highest BCUT2D eigenvalue weighted by atomic mass is 32.2. The number of hydrogen-bond donors (Lipinski definition) is 2. The smallest absolute Gasteiger partial charge is 0.266 e. The molecule has 1 aromatic carbocycles. The maximum absolute atomic E-state index is 14.6. The number of aliphatic hydroxyl groups is 1. The summed E-state index contributed by atoms with van der Waals surface area (Å²) in [6, 6.07) is 4.98. The van der Waals surface area contributed by atoms with Crippen LogP contribution in [0.25, 0.3) is 10.9 Å². The number of benzene rings is 1. The lowest BCUT2D eigenvalue weighted by atomic mass is 9.91. The number of aromatic nitrogens is 3.